The highest BCUT2D eigenvalue weighted by molar-refractivity contribution is 8.00. The molecule has 0 saturated heterocycles. The maximum atomic E-state index is 12.8. The smallest absolute Gasteiger partial charge is 0.273 e. The lowest BCUT2D eigenvalue weighted by Crippen LogP contribution is -2.38. The number of hydrogen-bond acceptors (Lipinski definition) is 5. The summed E-state index contributed by atoms with van der Waals surface area (Å²) in [7, 11) is -2.34. The van der Waals surface area contributed by atoms with Crippen LogP contribution in [0.5, 0.6) is 0 Å². The first kappa shape index (κ1) is 21.3. The second-order valence-corrected chi connectivity index (χ2v) is 8.91. The molecule has 0 spiro atoms. The number of aryl methyl sites for hydroxylation is 2. The molecular formula is C16H18F3N3O3S2. The van der Waals surface area contributed by atoms with Crippen molar-refractivity contribution in [1.82, 2.24) is 9.78 Å². The van der Waals surface area contributed by atoms with Crippen LogP contribution in [0, 0.1) is 13.8 Å². The Labute approximate surface area is 159 Å². The average molecular weight is 421 g/mol. The highest BCUT2D eigenvalue weighted by Crippen LogP contribution is 2.37. The maximum absolute atomic E-state index is 12.8. The van der Waals surface area contributed by atoms with Crippen LogP contribution < -0.4 is 4.31 Å². The third kappa shape index (κ3) is 5.25. The van der Waals surface area contributed by atoms with E-state index in [2.05, 4.69) is 5.10 Å². The Balaban J connectivity index is 2.37. The van der Waals surface area contributed by atoms with Crippen LogP contribution in [0.3, 0.4) is 0 Å². The van der Waals surface area contributed by atoms with Crippen molar-refractivity contribution in [2.75, 3.05) is 10.6 Å². The molecule has 0 unspecified atom stereocenters. The summed E-state index contributed by atoms with van der Waals surface area (Å²) >= 11 is -0.296. The second kappa shape index (κ2) is 7.55. The molecule has 0 aliphatic heterocycles. The number of nitrogens with zero attached hydrogens (tertiary/aromatic N) is 3. The van der Waals surface area contributed by atoms with Crippen molar-refractivity contribution >= 4 is 33.4 Å². The van der Waals surface area contributed by atoms with Gasteiger partial charge in [0.15, 0.2) is 0 Å². The fraction of sp³-hybridized carbons (Fsp3) is 0.375. The summed E-state index contributed by atoms with van der Waals surface area (Å²) in [5, 5.41) is 4.12. The van der Waals surface area contributed by atoms with Gasteiger partial charge >= 0.3 is 5.51 Å². The van der Waals surface area contributed by atoms with Gasteiger partial charge in [0.2, 0.25) is 15.9 Å². The summed E-state index contributed by atoms with van der Waals surface area (Å²) in [6.07, 6.45) is 0.528. The molecule has 2 rings (SSSR count). The lowest BCUT2D eigenvalue weighted by molar-refractivity contribution is -0.116. The largest absolute Gasteiger partial charge is 0.446 e. The van der Waals surface area contributed by atoms with Gasteiger partial charge in [-0.2, -0.15) is 18.3 Å². The number of thioether (sulfide) groups is 1. The molecule has 1 aromatic carbocycles. The van der Waals surface area contributed by atoms with E-state index in [0.717, 1.165) is 6.26 Å². The molecule has 148 valence electrons. The molecule has 1 heterocycles. The number of carbonyl (C=O) groups is 1. The number of carbonyl (C=O) groups excluding carboxylic acids is 1. The molecule has 27 heavy (non-hydrogen) atoms. The van der Waals surface area contributed by atoms with Gasteiger partial charge in [-0.3, -0.25) is 9.48 Å². The SMILES string of the molecule is Cc1nn(C)c(C)c1N(C(=O)Cc1cccc(SC(F)(F)F)c1)S(C)(=O)=O. The van der Waals surface area contributed by atoms with Crippen LogP contribution in [-0.2, 0) is 28.3 Å². The zero-order valence-corrected chi connectivity index (χ0v) is 16.7. The molecule has 11 heteroatoms. The van der Waals surface area contributed by atoms with Gasteiger partial charge in [0, 0.05) is 11.9 Å². The van der Waals surface area contributed by atoms with Crippen molar-refractivity contribution in [3.05, 3.63) is 41.2 Å². The monoisotopic (exact) mass is 421 g/mol. The summed E-state index contributed by atoms with van der Waals surface area (Å²) in [4.78, 5) is 12.7. The van der Waals surface area contributed by atoms with Gasteiger partial charge in [-0.05, 0) is 43.3 Å². The van der Waals surface area contributed by atoms with E-state index in [4.69, 9.17) is 0 Å². The van der Waals surface area contributed by atoms with E-state index in [-0.39, 0.29) is 34.3 Å². The highest BCUT2D eigenvalue weighted by Gasteiger charge is 2.31. The first-order valence-electron chi connectivity index (χ1n) is 7.67. The Morgan fingerprint density at radius 3 is 2.41 bits per heavy atom. The first-order chi connectivity index (χ1) is 12.3. The molecule has 0 fully saturated rings. The van der Waals surface area contributed by atoms with Gasteiger partial charge < -0.3 is 0 Å². The Morgan fingerprint density at radius 1 is 1.30 bits per heavy atom. The van der Waals surface area contributed by atoms with Crippen LogP contribution in [-0.4, -0.2) is 35.9 Å². The number of halogens is 3. The minimum Gasteiger partial charge on any atom is -0.273 e. The predicted molar refractivity (Wildman–Crippen MR) is 97.1 cm³/mol. The zero-order valence-electron chi connectivity index (χ0n) is 15.0. The molecule has 1 amide bonds. The number of sulfonamides is 1. The van der Waals surface area contributed by atoms with Crippen molar-refractivity contribution in [3.63, 3.8) is 0 Å². The van der Waals surface area contributed by atoms with Gasteiger partial charge in [-0.15, -0.1) is 0 Å². The van der Waals surface area contributed by atoms with Gasteiger partial charge in [0.25, 0.3) is 0 Å². The lowest BCUT2D eigenvalue weighted by atomic mass is 10.1. The van der Waals surface area contributed by atoms with E-state index in [1.165, 1.54) is 28.9 Å². The summed E-state index contributed by atoms with van der Waals surface area (Å²) in [6, 6.07) is 5.36. The third-order valence-corrected chi connectivity index (χ3v) is 5.49. The average Bonchev–Trinajstić information content (AvgIpc) is 2.71. The molecule has 2 aromatic rings. The number of benzene rings is 1. The van der Waals surface area contributed by atoms with Crippen molar-refractivity contribution in [1.29, 1.82) is 0 Å². The molecule has 0 aliphatic rings. The highest BCUT2D eigenvalue weighted by atomic mass is 32.2. The number of amides is 1. The van der Waals surface area contributed by atoms with Crippen molar-refractivity contribution in [2.24, 2.45) is 7.05 Å². The molecular weight excluding hydrogens is 403 g/mol. The molecule has 0 atom stereocenters. The predicted octanol–water partition coefficient (Wildman–Crippen LogP) is 3.18. The Morgan fingerprint density at radius 2 is 1.93 bits per heavy atom. The number of rotatable bonds is 5. The first-order valence-corrected chi connectivity index (χ1v) is 10.3. The quantitative estimate of drug-likeness (QED) is 0.694. The van der Waals surface area contributed by atoms with Crippen LogP contribution in [0.25, 0.3) is 0 Å². The van der Waals surface area contributed by atoms with E-state index in [9.17, 15) is 26.4 Å². The number of aromatic nitrogens is 2. The summed E-state index contributed by atoms with van der Waals surface area (Å²) in [5.74, 6) is -0.772. The molecule has 6 nitrogen and oxygen atoms in total. The minimum atomic E-state index is -4.45. The number of alkyl halides is 3. The van der Waals surface area contributed by atoms with Crippen molar-refractivity contribution in [2.45, 2.75) is 30.7 Å². The van der Waals surface area contributed by atoms with Crippen LogP contribution in [0.2, 0.25) is 0 Å². The van der Waals surface area contributed by atoms with E-state index in [1.807, 2.05) is 0 Å². The number of anilines is 1. The summed E-state index contributed by atoms with van der Waals surface area (Å²) < 4.78 is 64.2. The summed E-state index contributed by atoms with van der Waals surface area (Å²) in [5.41, 5.74) is -3.18. The molecule has 1 aromatic heterocycles. The minimum absolute atomic E-state index is 0.0764. The van der Waals surface area contributed by atoms with E-state index >= 15 is 0 Å². The summed E-state index contributed by atoms with van der Waals surface area (Å²) in [6.45, 7) is 3.20. The zero-order chi connectivity index (χ0) is 20.6. The van der Waals surface area contributed by atoms with Gasteiger partial charge in [0.05, 0.1) is 24.1 Å². The van der Waals surface area contributed by atoms with Crippen LogP contribution in [0.1, 0.15) is 17.0 Å². The Kier molecular flexibility index (Phi) is 5.95. The molecule has 0 radical (unpaired) electrons. The van der Waals surface area contributed by atoms with Gasteiger partial charge in [-0.1, -0.05) is 12.1 Å². The standard InChI is InChI=1S/C16H18F3N3O3S2/c1-10-15(11(2)21(3)20-10)22(27(4,24)25)14(23)9-12-6-5-7-13(8-12)26-16(17,18)19/h5-8H,9H2,1-4H3. The Hall–Kier alpha value is -2.01. The van der Waals surface area contributed by atoms with Crippen molar-refractivity contribution < 1.29 is 26.4 Å². The van der Waals surface area contributed by atoms with Crippen LogP contribution in [0.4, 0.5) is 18.9 Å². The van der Waals surface area contributed by atoms with E-state index < -0.39 is 21.4 Å². The fourth-order valence-electron chi connectivity index (χ4n) is 2.63. The molecule has 0 aliphatic carbocycles. The maximum Gasteiger partial charge on any atom is 0.446 e. The van der Waals surface area contributed by atoms with Crippen LogP contribution in [0.15, 0.2) is 29.2 Å². The molecule has 0 saturated carbocycles. The van der Waals surface area contributed by atoms with E-state index in [0.29, 0.717) is 15.7 Å². The number of hydrogen-bond donors (Lipinski definition) is 0. The normalized spacial score (nSPS) is 12.3. The van der Waals surface area contributed by atoms with E-state index in [1.54, 1.807) is 20.9 Å². The van der Waals surface area contributed by atoms with Gasteiger partial charge in [-0.25, -0.2) is 12.7 Å². The van der Waals surface area contributed by atoms with Gasteiger partial charge in [0.1, 0.15) is 5.69 Å². The van der Waals surface area contributed by atoms with Crippen molar-refractivity contribution in [3.8, 4) is 0 Å². The second-order valence-electron chi connectivity index (χ2n) is 5.94. The molecule has 0 N–H and O–H groups in total. The topological polar surface area (TPSA) is 72.3 Å². The lowest BCUT2D eigenvalue weighted by Gasteiger charge is -2.21. The van der Waals surface area contributed by atoms with Crippen LogP contribution >= 0.6 is 11.8 Å². The fourth-order valence-corrected chi connectivity index (χ4v) is 4.29. The third-order valence-electron chi connectivity index (χ3n) is 3.72. The Bertz CT molecular complexity index is 969. The molecule has 0 bridgehead atoms.